The molecule has 374 valence electrons. The predicted molar refractivity (Wildman–Crippen MR) is 248 cm³/mol. The fraction of sp³-hybridized carbons (Fsp3) is 0.551. The van der Waals surface area contributed by atoms with Crippen LogP contribution in [0.4, 0.5) is 18.0 Å². The van der Waals surface area contributed by atoms with E-state index in [9.17, 15) is 36.0 Å². The van der Waals surface area contributed by atoms with Gasteiger partial charge in [0.2, 0.25) is 33.3 Å². The summed E-state index contributed by atoms with van der Waals surface area (Å²) in [5.41, 5.74) is -2.58. The van der Waals surface area contributed by atoms with E-state index < -0.39 is 85.9 Å². The number of nitrogens with one attached hydrogen (secondary N) is 3. The Hall–Kier alpha value is -5.92. The maximum Gasteiger partial charge on any atom is 0.427 e. The number of nitrogens with zero attached hydrogens (tertiary/aromatic N) is 3. The lowest BCUT2D eigenvalue weighted by Gasteiger charge is -2.34. The van der Waals surface area contributed by atoms with Crippen LogP contribution in [0.15, 0.2) is 66.7 Å². The minimum atomic E-state index is -4.94. The summed E-state index contributed by atoms with van der Waals surface area (Å²) < 4.78 is 92.2. The van der Waals surface area contributed by atoms with Crippen LogP contribution in [0.3, 0.4) is 0 Å². The average Bonchev–Trinajstić information content (AvgIpc) is 4.16. The molecule has 0 spiro atoms. The van der Waals surface area contributed by atoms with Gasteiger partial charge < -0.3 is 34.5 Å². The van der Waals surface area contributed by atoms with Crippen molar-refractivity contribution in [1.82, 2.24) is 30.2 Å². The van der Waals surface area contributed by atoms with Gasteiger partial charge in [0.05, 0.1) is 41.6 Å². The van der Waals surface area contributed by atoms with Gasteiger partial charge in [0.1, 0.15) is 35.2 Å². The van der Waals surface area contributed by atoms with Crippen LogP contribution in [0, 0.1) is 17.8 Å². The molecule has 0 bridgehead atoms. The number of hydrogen-bond acceptors (Lipinski definition) is 12. The van der Waals surface area contributed by atoms with E-state index in [1.165, 1.54) is 18.9 Å². The number of hydrogen-bond donors (Lipinski definition) is 3. The molecule has 20 heteroatoms. The van der Waals surface area contributed by atoms with Crippen molar-refractivity contribution in [2.75, 3.05) is 13.7 Å². The quantitative estimate of drug-likeness (QED) is 0.153. The number of pyridine rings is 2. The van der Waals surface area contributed by atoms with E-state index >= 15 is 4.79 Å². The smallest absolute Gasteiger partial charge is 0.427 e. The van der Waals surface area contributed by atoms with Crippen LogP contribution in [-0.4, -0.2) is 107 Å². The van der Waals surface area contributed by atoms with Gasteiger partial charge in [0.25, 0.3) is 5.91 Å². The summed E-state index contributed by atoms with van der Waals surface area (Å²) in [7, 11) is -2.63. The van der Waals surface area contributed by atoms with Gasteiger partial charge in [-0.2, -0.15) is 13.2 Å². The number of carbonyl (C=O) groups excluding carboxylic acids is 4. The average molecular weight is 983 g/mol. The Balaban J connectivity index is 1.26. The molecule has 3 N–H and O–H groups in total. The second-order valence-corrected chi connectivity index (χ2v) is 22.0. The van der Waals surface area contributed by atoms with Crippen molar-refractivity contribution in [3.05, 3.63) is 66.7 Å². The van der Waals surface area contributed by atoms with E-state index in [1.54, 1.807) is 55.5 Å². The zero-order valence-corrected chi connectivity index (χ0v) is 40.8. The van der Waals surface area contributed by atoms with Crippen molar-refractivity contribution in [2.24, 2.45) is 17.8 Å². The van der Waals surface area contributed by atoms with Crippen molar-refractivity contribution >= 4 is 33.8 Å². The molecule has 3 aromatic rings. The highest BCUT2D eigenvalue weighted by atomic mass is 32.2. The minimum Gasteiger partial charge on any atom is -0.491 e. The number of amides is 4. The summed E-state index contributed by atoms with van der Waals surface area (Å²) in [5.74, 6) is -2.57. The molecule has 1 aromatic carbocycles. The molecule has 4 aliphatic rings. The topological polar surface area (TPSA) is 204 Å². The second-order valence-electron chi connectivity index (χ2n) is 19.8. The highest BCUT2D eigenvalue weighted by Crippen LogP contribution is 2.48. The molecule has 0 radical (unpaired) electrons. The zero-order chi connectivity index (χ0) is 50.3. The first-order chi connectivity index (χ1) is 32.3. The number of sulfonamides is 1. The molecule has 1 saturated heterocycles. The van der Waals surface area contributed by atoms with Gasteiger partial charge >= 0.3 is 12.3 Å². The van der Waals surface area contributed by atoms with Gasteiger partial charge in [-0.3, -0.25) is 19.1 Å². The monoisotopic (exact) mass is 982 g/mol. The van der Waals surface area contributed by atoms with E-state index in [4.69, 9.17) is 23.9 Å². The zero-order valence-electron chi connectivity index (χ0n) is 40.0. The lowest BCUT2D eigenvalue weighted by atomic mass is 9.88. The molecule has 2 saturated carbocycles. The van der Waals surface area contributed by atoms with E-state index in [-0.39, 0.29) is 37.2 Å². The Labute approximate surface area is 400 Å². The Morgan fingerprint density at radius 1 is 0.957 bits per heavy atom. The lowest BCUT2D eigenvalue weighted by molar-refractivity contribution is -0.244. The van der Waals surface area contributed by atoms with E-state index in [1.807, 2.05) is 39.0 Å². The van der Waals surface area contributed by atoms with Crippen LogP contribution in [0.5, 0.6) is 17.4 Å². The highest BCUT2D eigenvalue weighted by Gasteiger charge is 2.63. The molecule has 1 unspecified atom stereocenters. The van der Waals surface area contributed by atoms with Crippen LogP contribution >= 0.6 is 0 Å². The van der Waals surface area contributed by atoms with E-state index in [2.05, 4.69) is 20.3 Å². The molecule has 16 nitrogen and oxygen atoms in total. The maximum atomic E-state index is 15.1. The van der Waals surface area contributed by atoms with Crippen LogP contribution in [0.25, 0.3) is 22.6 Å². The Bertz CT molecular complexity index is 2570. The van der Waals surface area contributed by atoms with Gasteiger partial charge in [-0.05, 0) is 115 Å². The number of benzene rings is 1. The fourth-order valence-electron chi connectivity index (χ4n) is 8.74. The summed E-state index contributed by atoms with van der Waals surface area (Å²) >= 11 is 0. The summed E-state index contributed by atoms with van der Waals surface area (Å²) in [6.07, 6.45) is -1.65. The van der Waals surface area contributed by atoms with Crippen molar-refractivity contribution in [3.8, 4) is 40.0 Å². The molecule has 2 aliphatic heterocycles. The first-order valence-electron chi connectivity index (χ1n) is 23.2. The van der Waals surface area contributed by atoms with Crippen LogP contribution in [-0.2, 0) is 29.1 Å². The summed E-state index contributed by atoms with van der Waals surface area (Å²) in [4.78, 5) is 68.0. The summed E-state index contributed by atoms with van der Waals surface area (Å²) in [6, 6.07) is 12.9. The van der Waals surface area contributed by atoms with Crippen molar-refractivity contribution in [1.29, 1.82) is 0 Å². The SMILES string of the molecule is COc1cccc(-c2cc(O[C@@H]3C[C@H]4C(=O)N[C@]5(C(=O)NS(=O)(=O)C6(C)CC6)CC5/C=C\CC[C@H](C)C[C@@H](C)[C@H](NC(=O)OC(C)(C)C(F)(F)F)C(=O)N4C3)cc(-c3ccc(OC(C)C)cc3)n2)n1. The number of halogens is 3. The second kappa shape index (κ2) is 19.5. The van der Waals surface area contributed by atoms with E-state index in [0.717, 1.165) is 0 Å². The molecule has 3 fully saturated rings. The van der Waals surface area contributed by atoms with Crippen molar-refractivity contribution in [2.45, 2.75) is 140 Å². The first kappa shape index (κ1) is 50.9. The number of fused-ring (bicyclic) bond motifs is 2. The third-order valence-corrected chi connectivity index (χ3v) is 15.5. The predicted octanol–water partition coefficient (Wildman–Crippen LogP) is 7.28. The number of aromatic nitrogens is 2. The first-order valence-corrected chi connectivity index (χ1v) is 24.7. The Morgan fingerprint density at radius 3 is 2.30 bits per heavy atom. The maximum absolute atomic E-state index is 15.1. The molecule has 7 atom stereocenters. The molecular formula is C49H61F3N6O10S. The fourth-order valence-corrected chi connectivity index (χ4v) is 10.0. The number of methoxy groups -OCH3 is 1. The number of allylic oxidation sites excluding steroid dienone is 1. The minimum absolute atomic E-state index is 0.0588. The van der Waals surface area contributed by atoms with Crippen molar-refractivity contribution < 1.29 is 59.7 Å². The highest BCUT2D eigenvalue weighted by molar-refractivity contribution is 7.91. The molecule has 2 aromatic heterocycles. The standard InChI is InChI=1S/C49H61F3N6O10S/c1-28(2)66-33-18-16-31(17-19-33)37-23-34(24-38(53-37)36-14-11-15-40(54-36)65-8)67-35-25-39-42(59)56-48(44(61)57-69(63,64)47(7)20-21-47)26-32(48)13-10-9-12-29(3)22-30(4)41(43(60)58(39)27-35)55-45(62)68-46(5,6)49(50,51)52/h10-11,13-19,23-24,28-30,32,35,39,41H,9,12,20-22,25-27H2,1-8H3,(H,55,62)(H,56,59)(H,57,61)/b13-10-/t29-,30+,32?,35+,39-,41-,48+/m0/s1. The van der Waals surface area contributed by atoms with Gasteiger partial charge in [-0.1, -0.05) is 32.1 Å². The Morgan fingerprint density at radius 2 is 1.65 bits per heavy atom. The summed E-state index contributed by atoms with van der Waals surface area (Å²) in [6.45, 7) is 10.1. The van der Waals surface area contributed by atoms with E-state index in [0.29, 0.717) is 80.2 Å². The number of ether oxygens (including phenoxy) is 4. The largest absolute Gasteiger partial charge is 0.491 e. The third-order valence-electron chi connectivity index (χ3n) is 13.4. The number of alkyl halides is 3. The van der Waals surface area contributed by atoms with Crippen LogP contribution < -0.4 is 29.6 Å². The van der Waals surface area contributed by atoms with Crippen LogP contribution in [0.1, 0.15) is 93.4 Å². The summed E-state index contributed by atoms with van der Waals surface area (Å²) in [5, 5.41) is 5.24. The molecule has 4 amide bonds. The number of alkyl carbamates (subject to hydrolysis) is 1. The Kier molecular flexibility index (Phi) is 14.4. The van der Waals surface area contributed by atoms with Crippen LogP contribution in [0.2, 0.25) is 0 Å². The molecule has 7 rings (SSSR count). The normalized spacial score (nSPS) is 26.5. The molecule has 69 heavy (non-hydrogen) atoms. The van der Waals surface area contributed by atoms with Gasteiger partial charge in [-0.25, -0.2) is 23.2 Å². The number of carbonyl (C=O) groups is 4. The van der Waals surface area contributed by atoms with Gasteiger partial charge in [0.15, 0.2) is 0 Å². The van der Waals surface area contributed by atoms with Crippen molar-refractivity contribution in [3.63, 3.8) is 0 Å². The molecule has 4 heterocycles. The van der Waals surface area contributed by atoms with Gasteiger partial charge in [-0.15, -0.1) is 0 Å². The van der Waals surface area contributed by atoms with Gasteiger partial charge in [0, 0.05) is 36.1 Å². The molecule has 2 aliphatic carbocycles. The molecular weight excluding hydrogens is 922 g/mol. The lowest BCUT2D eigenvalue weighted by Crippen LogP contribution is -2.59. The third kappa shape index (κ3) is 11.4. The number of rotatable bonds is 12.